The highest BCUT2D eigenvalue weighted by molar-refractivity contribution is 5.94. The lowest BCUT2D eigenvalue weighted by atomic mass is 10.0. The minimum absolute atomic E-state index is 0.309. The summed E-state index contributed by atoms with van der Waals surface area (Å²) in [7, 11) is 0. The lowest BCUT2D eigenvalue weighted by Gasteiger charge is -2.25. The maximum Gasteiger partial charge on any atom is 0.179 e. The SMILES string of the molecule is CC(C)CCCC(=O)c1cccn1C1CCNCC1. The van der Waals surface area contributed by atoms with Crippen LogP contribution in [-0.2, 0) is 0 Å². The van der Waals surface area contributed by atoms with Crippen LogP contribution in [0.1, 0.15) is 62.5 Å². The summed E-state index contributed by atoms with van der Waals surface area (Å²) >= 11 is 0. The highest BCUT2D eigenvalue weighted by Crippen LogP contribution is 2.22. The van der Waals surface area contributed by atoms with E-state index in [1.807, 2.05) is 12.1 Å². The number of rotatable bonds is 6. The molecule has 0 unspecified atom stereocenters. The number of Topliss-reactive ketones (excluding diaryl/α,β-unsaturated/α-hetero) is 1. The first-order valence-electron chi connectivity index (χ1n) is 7.59. The minimum atomic E-state index is 0.309. The molecule has 1 saturated heterocycles. The molecule has 0 amide bonds. The van der Waals surface area contributed by atoms with Crippen molar-refractivity contribution < 1.29 is 4.79 Å². The first-order valence-corrected chi connectivity index (χ1v) is 7.59. The molecule has 106 valence electrons. The second-order valence-corrected chi connectivity index (χ2v) is 5.99. The molecule has 3 nitrogen and oxygen atoms in total. The van der Waals surface area contributed by atoms with Crippen LogP contribution >= 0.6 is 0 Å². The Morgan fingerprint density at radius 2 is 2.16 bits per heavy atom. The summed E-state index contributed by atoms with van der Waals surface area (Å²) in [5.41, 5.74) is 0.913. The first kappa shape index (κ1) is 14.3. The molecule has 0 saturated carbocycles. The molecule has 0 atom stereocenters. The summed E-state index contributed by atoms with van der Waals surface area (Å²) in [6.45, 7) is 6.54. The molecule has 1 aliphatic rings. The van der Waals surface area contributed by atoms with E-state index in [2.05, 4.69) is 29.9 Å². The molecule has 1 aromatic rings. The molecule has 0 aliphatic carbocycles. The van der Waals surface area contributed by atoms with Crippen molar-refractivity contribution in [2.24, 2.45) is 5.92 Å². The number of hydrogen-bond donors (Lipinski definition) is 1. The van der Waals surface area contributed by atoms with E-state index in [9.17, 15) is 4.79 Å². The van der Waals surface area contributed by atoms with Crippen molar-refractivity contribution in [2.75, 3.05) is 13.1 Å². The van der Waals surface area contributed by atoms with Crippen LogP contribution in [0.5, 0.6) is 0 Å². The van der Waals surface area contributed by atoms with E-state index >= 15 is 0 Å². The first-order chi connectivity index (χ1) is 9.18. The Bertz CT molecular complexity index is 403. The standard InChI is InChI=1S/C16H26N2O/c1-13(2)5-3-7-16(19)15-6-4-12-18(15)14-8-10-17-11-9-14/h4,6,12-14,17H,3,5,7-11H2,1-2H3. The summed E-state index contributed by atoms with van der Waals surface area (Å²) in [6.07, 6.45) is 7.16. The van der Waals surface area contributed by atoms with Gasteiger partial charge in [0.2, 0.25) is 0 Å². The van der Waals surface area contributed by atoms with Gasteiger partial charge in [-0.1, -0.05) is 20.3 Å². The Kier molecular flexibility index (Phi) is 5.20. The van der Waals surface area contributed by atoms with Gasteiger partial charge in [0.25, 0.3) is 0 Å². The largest absolute Gasteiger partial charge is 0.342 e. The zero-order valence-corrected chi connectivity index (χ0v) is 12.2. The summed E-state index contributed by atoms with van der Waals surface area (Å²) in [5.74, 6) is 0.994. The van der Waals surface area contributed by atoms with Crippen LogP contribution in [0.25, 0.3) is 0 Å². The van der Waals surface area contributed by atoms with E-state index in [0.717, 1.165) is 44.5 Å². The number of ketones is 1. The van der Waals surface area contributed by atoms with Gasteiger partial charge in [-0.2, -0.15) is 0 Å². The molecule has 2 heterocycles. The van der Waals surface area contributed by atoms with E-state index in [-0.39, 0.29) is 0 Å². The second-order valence-electron chi connectivity index (χ2n) is 5.99. The third-order valence-electron chi connectivity index (χ3n) is 3.95. The highest BCUT2D eigenvalue weighted by Gasteiger charge is 2.19. The summed E-state index contributed by atoms with van der Waals surface area (Å²) < 4.78 is 2.21. The zero-order valence-electron chi connectivity index (χ0n) is 12.2. The molecule has 1 fully saturated rings. The average Bonchev–Trinajstić information content (AvgIpc) is 2.88. The van der Waals surface area contributed by atoms with Gasteiger partial charge >= 0.3 is 0 Å². The van der Waals surface area contributed by atoms with Crippen molar-refractivity contribution >= 4 is 5.78 Å². The number of nitrogens with one attached hydrogen (secondary N) is 1. The van der Waals surface area contributed by atoms with Crippen molar-refractivity contribution in [2.45, 2.75) is 52.0 Å². The smallest absolute Gasteiger partial charge is 0.179 e. The molecule has 1 N–H and O–H groups in total. The van der Waals surface area contributed by atoms with Crippen molar-refractivity contribution in [1.82, 2.24) is 9.88 Å². The molecule has 19 heavy (non-hydrogen) atoms. The molecule has 3 heteroatoms. The Morgan fingerprint density at radius 3 is 2.84 bits per heavy atom. The van der Waals surface area contributed by atoms with E-state index < -0.39 is 0 Å². The zero-order chi connectivity index (χ0) is 13.7. The van der Waals surface area contributed by atoms with Gasteiger partial charge in [-0.05, 0) is 50.4 Å². The van der Waals surface area contributed by atoms with Gasteiger partial charge in [-0.15, -0.1) is 0 Å². The number of nitrogens with zero attached hydrogens (tertiary/aromatic N) is 1. The predicted molar refractivity (Wildman–Crippen MR) is 78.6 cm³/mol. The molecule has 2 rings (SSSR count). The lowest BCUT2D eigenvalue weighted by Crippen LogP contribution is -2.30. The van der Waals surface area contributed by atoms with Gasteiger partial charge in [-0.3, -0.25) is 4.79 Å². The monoisotopic (exact) mass is 262 g/mol. The quantitative estimate of drug-likeness (QED) is 0.797. The maximum atomic E-state index is 12.3. The second kappa shape index (κ2) is 6.90. The lowest BCUT2D eigenvalue weighted by molar-refractivity contribution is 0.0965. The number of carbonyl (C=O) groups excluding carboxylic acids is 1. The summed E-state index contributed by atoms with van der Waals surface area (Å²) in [4.78, 5) is 12.3. The van der Waals surface area contributed by atoms with Gasteiger partial charge < -0.3 is 9.88 Å². The predicted octanol–water partition coefficient (Wildman–Crippen LogP) is 3.42. The molecule has 0 bridgehead atoms. The third kappa shape index (κ3) is 3.93. The van der Waals surface area contributed by atoms with E-state index in [1.165, 1.54) is 0 Å². The summed E-state index contributed by atoms with van der Waals surface area (Å²) in [5, 5.41) is 3.37. The van der Waals surface area contributed by atoms with Crippen LogP contribution in [0, 0.1) is 5.92 Å². The van der Waals surface area contributed by atoms with E-state index in [0.29, 0.717) is 24.2 Å². The maximum absolute atomic E-state index is 12.3. The van der Waals surface area contributed by atoms with Gasteiger partial charge in [0.15, 0.2) is 5.78 Å². The van der Waals surface area contributed by atoms with E-state index in [4.69, 9.17) is 0 Å². The van der Waals surface area contributed by atoms with Crippen LogP contribution in [0.2, 0.25) is 0 Å². The minimum Gasteiger partial charge on any atom is -0.342 e. The molecule has 0 aromatic carbocycles. The Labute approximate surface area is 116 Å². The van der Waals surface area contributed by atoms with Gasteiger partial charge in [0.1, 0.15) is 0 Å². The average molecular weight is 262 g/mol. The Balaban J connectivity index is 1.96. The van der Waals surface area contributed by atoms with Gasteiger partial charge in [0, 0.05) is 18.7 Å². The van der Waals surface area contributed by atoms with Gasteiger partial charge in [-0.25, -0.2) is 0 Å². The third-order valence-corrected chi connectivity index (χ3v) is 3.95. The fraction of sp³-hybridized carbons (Fsp3) is 0.688. The Morgan fingerprint density at radius 1 is 1.42 bits per heavy atom. The molecule has 1 aliphatic heterocycles. The van der Waals surface area contributed by atoms with Crippen molar-refractivity contribution in [3.63, 3.8) is 0 Å². The molecular weight excluding hydrogens is 236 g/mol. The fourth-order valence-electron chi connectivity index (χ4n) is 2.83. The fourth-order valence-corrected chi connectivity index (χ4v) is 2.83. The van der Waals surface area contributed by atoms with Crippen LogP contribution in [-0.4, -0.2) is 23.4 Å². The van der Waals surface area contributed by atoms with Crippen molar-refractivity contribution in [1.29, 1.82) is 0 Å². The number of piperidine rings is 1. The van der Waals surface area contributed by atoms with E-state index in [1.54, 1.807) is 0 Å². The highest BCUT2D eigenvalue weighted by atomic mass is 16.1. The number of hydrogen-bond acceptors (Lipinski definition) is 2. The van der Waals surface area contributed by atoms with Crippen LogP contribution in [0.15, 0.2) is 18.3 Å². The summed E-state index contributed by atoms with van der Waals surface area (Å²) in [6, 6.07) is 4.50. The molecular formula is C16H26N2O. The molecule has 0 spiro atoms. The molecule has 0 radical (unpaired) electrons. The van der Waals surface area contributed by atoms with Crippen LogP contribution in [0.3, 0.4) is 0 Å². The topological polar surface area (TPSA) is 34.0 Å². The molecule has 1 aromatic heterocycles. The van der Waals surface area contributed by atoms with Crippen LogP contribution in [0.4, 0.5) is 0 Å². The number of aromatic nitrogens is 1. The Hall–Kier alpha value is -1.09. The van der Waals surface area contributed by atoms with Crippen LogP contribution < -0.4 is 5.32 Å². The van der Waals surface area contributed by atoms with Crippen molar-refractivity contribution in [3.05, 3.63) is 24.0 Å². The van der Waals surface area contributed by atoms with Gasteiger partial charge in [0.05, 0.1) is 5.69 Å². The normalized spacial score (nSPS) is 17.0. The number of carbonyl (C=O) groups is 1. The van der Waals surface area contributed by atoms with Crippen molar-refractivity contribution in [3.8, 4) is 0 Å².